The summed E-state index contributed by atoms with van der Waals surface area (Å²) in [6, 6.07) is 11.0. The highest BCUT2D eigenvalue weighted by molar-refractivity contribution is 5.74. The minimum Gasteiger partial charge on any atom is -0.362 e. The van der Waals surface area contributed by atoms with Crippen LogP contribution in [0.3, 0.4) is 0 Å². The molecule has 1 fully saturated rings. The van der Waals surface area contributed by atoms with Crippen molar-refractivity contribution in [2.24, 2.45) is 0 Å². The minimum atomic E-state index is 1.05. The molecule has 4 nitrogen and oxygen atoms in total. The molecule has 3 aromatic heterocycles. The quantitative estimate of drug-likeness (QED) is 0.475. The van der Waals surface area contributed by atoms with Gasteiger partial charge in [-0.05, 0) is 98.7 Å². The maximum atomic E-state index is 3.70. The topological polar surface area (TPSA) is 59.4 Å². The Balaban J connectivity index is 1.81. The first-order valence-corrected chi connectivity index (χ1v) is 9.93. The number of rotatable bonds is 0. The van der Waals surface area contributed by atoms with Gasteiger partial charge >= 0.3 is 0 Å². The zero-order valence-electron chi connectivity index (χ0n) is 16.9. The molecular formula is C24H26N4. The summed E-state index contributed by atoms with van der Waals surface area (Å²) in [6.45, 7) is 8.74. The second kappa shape index (κ2) is 6.20. The van der Waals surface area contributed by atoms with Gasteiger partial charge in [0.2, 0.25) is 0 Å². The van der Waals surface area contributed by atoms with Crippen LogP contribution in [0.15, 0.2) is 47.9 Å². The summed E-state index contributed by atoms with van der Waals surface area (Å²) in [6.07, 6.45) is 4.23. The summed E-state index contributed by atoms with van der Waals surface area (Å²) < 4.78 is 0. The Kier molecular flexibility index (Phi) is 3.76. The van der Waals surface area contributed by atoms with Gasteiger partial charge in [0, 0.05) is 45.4 Å². The van der Waals surface area contributed by atoms with E-state index < -0.39 is 0 Å². The molecule has 2 aliphatic heterocycles. The number of aromatic nitrogens is 3. The maximum absolute atomic E-state index is 3.70. The standard InChI is InChI=1S/C24H26N4/c1-13-17-11-24(25-12-17)16(4)23-10-9-22(28-23)15(3)21-8-7-20(27-21)14(2)19-6-5-18(13)26-19/h7-12,25-28H,5-6H2,1-4H3. The first-order valence-electron chi connectivity index (χ1n) is 9.93. The molecule has 2 aliphatic rings. The SMILES string of the molecule is CC1=C2CCC(=C(C)c3ccc([nH]3)C(C)=c3ccc([nH]3)=C(C)c3cc1c[nH]3)N2. The van der Waals surface area contributed by atoms with Crippen LogP contribution >= 0.6 is 0 Å². The highest BCUT2D eigenvalue weighted by Gasteiger charge is 2.19. The van der Waals surface area contributed by atoms with Gasteiger partial charge in [-0.15, -0.1) is 0 Å². The Morgan fingerprint density at radius 1 is 0.643 bits per heavy atom. The minimum absolute atomic E-state index is 1.05. The highest BCUT2D eigenvalue weighted by Crippen LogP contribution is 2.32. The Hall–Kier alpha value is -3.14. The van der Waals surface area contributed by atoms with Crippen molar-refractivity contribution in [3.63, 3.8) is 0 Å². The predicted octanol–water partition coefficient (Wildman–Crippen LogP) is 3.97. The second-order valence-corrected chi connectivity index (χ2v) is 7.96. The van der Waals surface area contributed by atoms with Gasteiger partial charge in [0.25, 0.3) is 0 Å². The van der Waals surface area contributed by atoms with Crippen molar-refractivity contribution in [1.29, 1.82) is 0 Å². The highest BCUT2D eigenvalue weighted by atomic mass is 14.9. The molecule has 0 spiro atoms. The van der Waals surface area contributed by atoms with E-state index in [0.717, 1.165) is 34.9 Å². The largest absolute Gasteiger partial charge is 0.362 e. The lowest BCUT2D eigenvalue weighted by atomic mass is 10.1. The van der Waals surface area contributed by atoms with Crippen molar-refractivity contribution in [1.82, 2.24) is 20.3 Å². The molecule has 0 radical (unpaired) electrons. The molecule has 0 aliphatic carbocycles. The summed E-state index contributed by atoms with van der Waals surface area (Å²) in [7, 11) is 0. The zero-order valence-corrected chi connectivity index (χ0v) is 16.9. The van der Waals surface area contributed by atoms with Crippen molar-refractivity contribution >= 4 is 22.3 Å². The van der Waals surface area contributed by atoms with Gasteiger partial charge in [-0.25, -0.2) is 0 Å². The van der Waals surface area contributed by atoms with Gasteiger partial charge in [-0.2, -0.15) is 0 Å². The third kappa shape index (κ3) is 2.60. The van der Waals surface area contributed by atoms with Crippen LogP contribution in [0.2, 0.25) is 0 Å². The van der Waals surface area contributed by atoms with E-state index in [-0.39, 0.29) is 0 Å². The summed E-state index contributed by atoms with van der Waals surface area (Å²) in [5.41, 5.74) is 12.4. The molecule has 4 N–H and O–H groups in total. The molecule has 28 heavy (non-hydrogen) atoms. The van der Waals surface area contributed by atoms with Gasteiger partial charge in [0.15, 0.2) is 0 Å². The average molecular weight is 371 g/mol. The third-order valence-corrected chi connectivity index (χ3v) is 6.34. The number of hydrogen-bond acceptors (Lipinski definition) is 1. The van der Waals surface area contributed by atoms with Gasteiger partial charge in [0.1, 0.15) is 0 Å². The smallest absolute Gasteiger partial charge is 0.0437 e. The summed E-state index contributed by atoms with van der Waals surface area (Å²) in [5.74, 6) is 0. The van der Waals surface area contributed by atoms with Crippen LogP contribution in [0.4, 0.5) is 0 Å². The molecule has 3 aromatic rings. The Bertz CT molecular complexity index is 1170. The van der Waals surface area contributed by atoms with Crippen LogP contribution in [-0.4, -0.2) is 15.0 Å². The molecule has 0 amide bonds. The molecule has 0 saturated carbocycles. The molecular weight excluding hydrogens is 344 g/mol. The Morgan fingerprint density at radius 2 is 1.25 bits per heavy atom. The van der Waals surface area contributed by atoms with E-state index in [1.807, 2.05) is 0 Å². The molecule has 0 unspecified atom stereocenters. The van der Waals surface area contributed by atoms with Crippen molar-refractivity contribution in [3.8, 4) is 0 Å². The fraction of sp³-hybridized carbons (Fsp3) is 0.250. The van der Waals surface area contributed by atoms with Crippen LogP contribution in [0.5, 0.6) is 0 Å². The lowest BCUT2D eigenvalue weighted by molar-refractivity contribution is 1.05. The van der Waals surface area contributed by atoms with E-state index >= 15 is 0 Å². The van der Waals surface area contributed by atoms with E-state index in [9.17, 15) is 0 Å². The molecule has 0 atom stereocenters. The van der Waals surface area contributed by atoms with Crippen molar-refractivity contribution in [2.45, 2.75) is 40.5 Å². The number of nitrogens with one attached hydrogen (secondary N) is 4. The fourth-order valence-electron chi connectivity index (χ4n) is 4.24. The van der Waals surface area contributed by atoms with Crippen LogP contribution < -0.4 is 16.0 Å². The van der Waals surface area contributed by atoms with Crippen LogP contribution in [-0.2, 0) is 0 Å². The summed E-state index contributed by atoms with van der Waals surface area (Å²) in [5, 5.41) is 5.98. The van der Waals surface area contributed by atoms with Crippen molar-refractivity contribution < 1.29 is 0 Å². The molecule has 1 saturated heterocycles. The van der Waals surface area contributed by atoms with Gasteiger partial charge in [-0.3, -0.25) is 0 Å². The third-order valence-electron chi connectivity index (χ3n) is 6.34. The van der Waals surface area contributed by atoms with Gasteiger partial charge in [0.05, 0.1) is 0 Å². The maximum Gasteiger partial charge on any atom is 0.0437 e. The molecule has 142 valence electrons. The van der Waals surface area contributed by atoms with E-state index in [1.54, 1.807) is 0 Å². The van der Waals surface area contributed by atoms with E-state index in [4.69, 9.17) is 0 Å². The molecule has 4 heteroatoms. The molecule has 5 heterocycles. The molecule has 0 aromatic carbocycles. The summed E-state index contributed by atoms with van der Waals surface area (Å²) in [4.78, 5) is 10.7. The predicted molar refractivity (Wildman–Crippen MR) is 116 cm³/mol. The molecule has 5 rings (SSSR count). The summed E-state index contributed by atoms with van der Waals surface area (Å²) >= 11 is 0. The van der Waals surface area contributed by atoms with Gasteiger partial charge < -0.3 is 20.3 Å². The lowest BCUT2D eigenvalue weighted by Gasteiger charge is -2.08. The van der Waals surface area contributed by atoms with E-state index in [2.05, 4.69) is 84.5 Å². The monoisotopic (exact) mass is 370 g/mol. The lowest BCUT2D eigenvalue weighted by Crippen LogP contribution is -2.14. The first kappa shape index (κ1) is 17.0. The average Bonchev–Trinajstić information content (AvgIpc) is 3.49. The van der Waals surface area contributed by atoms with E-state index in [0.29, 0.717) is 0 Å². The zero-order chi connectivity index (χ0) is 19.4. The number of hydrogen-bond donors (Lipinski definition) is 4. The number of allylic oxidation sites excluding steroid dienone is 4. The molecule has 8 bridgehead atoms. The second-order valence-electron chi connectivity index (χ2n) is 7.96. The van der Waals surface area contributed by atoms with Crippen molar-refractivity contribution in [2.75, 3.05) is 0 Å². The Labute approximate surface area is 164 Å². The van der Waals surface area contributed by atoms with E-state index in [1.165, 1.54) is 44.9 Å². The fourth-order valence-corrected chi connectivity index (χ4v) is 4.24. The number of H-pyrrole nitrogens is 3. The first-order chi connectivity index (χ1) is 13.5. The van der Waals surface area contributed by atoms with Crippen LogP contribution in [0.1, 0.15) is 63.2 Å². The van der Waals surface area contributed by atoms with Crippen molar-refractivity contribution in [3.05, 3.63) is 81.3 Å². The number of aromatic amines is 3. The normalized spacial score (nSPS) is 16.9. The van der Waals surface area contributed by atoms with Gasteiger partial charge in [-0.1, -0.05) is 0 Å². The number of fused-ring (bicyclic) bond motifs is 8. The van der Waals surface area contributed by atoms with Crippen LogP contribution in [0, 0.1) is 0 Å². The Morgan fingerprint density at radius 3 is 1.96 bits per heavy atom. The van der Waals surface area contributed by atoms with Crippen LogP contribution in [0.25, 0.3) is 22.3 Å².